The van der Waals surface area contributed by atoms with Gasteiger partial charge >= 0.3 is 12.2 Å². The Hall–Kier alpha value is -1.02. The maximum absolute atomic E-state index is 13.2. The molecule has 116 valence electrons. The molecule has 8 heteroatoms. The quantitative estimate of drug-likeness (QED) is 0.806. The third-order valence-corrected chi connectivity index (χ3v) is 4.29. The first-order valence-corrected chi connectivity index (χ1v) is 7.27. The van der Waals surface area contributed by atoms with Crippen LogP contribution in [0.4, 0.5) is 17.6 Å². The summed E-state index contributed by atoms with van der Waals surface area (Å²) in [4.78, 5) is 0. The number of fused-ring (bicyclic) bond motifs is 1. The van der Waals surface area contributed by atoms with Crippen molar-refractivity contribution >= 4 is 15.9 Å². The molecule has 0 amide bonds. The summed E-state index contributed by atoms with van der Waals surface area (Å²) in [5.74, 6) is -0.775. The van der Waals surface area contributed by atoms with Gasteiger partial charge in [-0.15, -0.1) is 0 Å². The van der Waals surface area contributed by atoms with Crippen molar-refractivity contribution in [2.24, 2.45) is 0 Å². The number of hydrogen-bond donors (Lipinski definition) is 1. The number of nitrogens with one attached hydrogen (secondary N) is 1. The molecule has 1 aromatic carbocycles. The Kier molecular flexibility index (Phi) is 3.56. The summed E-state index contributed by atoms with van der Waals surface area (Å²) in [6, 6.07) is 2.80. The standard InChI is InChI=1S/C13H12BrF4NO2/c14-9-6-11-10(20-12(15,16)13(17,18)21-11)5-7(9)4-8-2-1-3-19-8/h5-6,8,19H,1-4H2. The van der Waals surface area contributed by atoms with Gasteiger partial charge in [0.05, 0.1) is 0 Å². The van der Waals surface area contributed by atoms with Crippen LogP contribution in [-0.4, -0.2) is 24.8 Å². The van der Waals surface area contributed by atoms with Crippen LogP contribution in [0.5, 0.6) is 11.5 Å². The van der Waals surface area contributed by atoms with Crippen LogP contribution in [0.1, 0.15) is 18.4 Å². The van der Waals surface area contributed by atoms with Crippen molar-refractivity contribution in [2.45, 2.75) is 37.5 Å². The molecule has 21 heavy (non-hydrogen) atoms. The lowest BCUT2D eigenvalue weighted by molar-refractivity contribution is -0.391. The van der Waals surface area contributed by atoms with E-state index in [1.165, 1.54) is 12.1 Å². The van der Waals surface area contributed by atoms with Gasteiger partial charge in [-0.05, 0) is 43.5 Å². The van der Waals surface area contributed by atoms with Crippen LogP contribution in [0.2, 0.25) is 0 Å². The van der Waals surface area contributed by atoms with Crippen LogP contribution < -0.4 is 14.8 Å². The number of alkyl halides is 4. The molecule has 2 heterocycles. The summed E-state index contributed by atoms with van der Waals surface area (Å²) in [6.45, 7) is 0.914. The van der Waals surface area contributed by atoms with E-state index in [0.717, 1.165) is 19.4 Å². The van der Waals surface area contributed by atoms with Gasteiger partial charge in [0.2, 0.25) is 0 Å². The lowest BCUT2D eigenvalue weighted by Crippen LogP contribution is -2.52. The van der Waals surface area contributed by atoms with E-state index in [9.17, 15) is 17.6 Å². The smallest absolute Gasteiger partial charge is 0.421 e. The van der Waals surface area contributed by atoms with E-state index in [-0.39, 0.29) is 11.8 Å². The molecule has 1 saturated heterocycles. The van der Waals surface area contributed by atoms with Crippen molar-refractivity contribution in [1.29, 1.82) is 0 Å². The van der Waals surface area contributed by atoms with E-state index < -0.39 is 18.0 Å². The Morgan fingerprint density at radius 2 is 1.76 bits per heavy atom. The van der Waals surface area contributed by atoms with Crippen LogP contribution in [0.15, 0.2) is 16.6 Å². The van der Waals surface area contributed by atoms with Gasteiger partial charge in [0.25, 0.3) is 0 Å². The molecule has 1 aromatic rings. The number of hydrogen-bond acceptors (Lipinski definition) is 3. The van der Waals surface area contributed by atoms with Crippen LogP contribution in [0, 0.1) is 0 Å². The first kappa shape index (κ1) is 14.9. The number of rotatable bonds is 2. The molecule has 0 saturated carbocycles. The van der Waals surface area contributed by atoms with E-state index in [0.29, 0.717) is 16.5 Å². The third kappa shape index (κ3) is 2.70. The molecule has 1 N–H and O–H groups in total. The molecule has 0 spiro atoms. The average Bonchev–Trinajstić information content (AvgIpc) is 2.85. The Balaban J connectivity index is 1.90. The van der Waals surface area contributed by atoms with Gasteiger partial charge < -0.3 is 14.8 Å². The summed E-state index contributed by atoms with van der Waals surface area (Å²) < 4.78 is 61.3. The highest BCUT2D eigenvalue weighted by molar-refractivity contribution is 9.10. The van der Waals surface area contributed by atoms with E-state index in [1.807, 2.05) is 0 Å². The molecule has 3 rings (SSSR count). The number of ether oxygens (including phenoxy) is 2. The first-order valence-electron chi connectivity index (χ1n) is 6.48. The Morgan fingerprint density at radius 1 is 1.14 bits per heavy atom. The second-order valence-electron chi connectivity index (χ2n) is 5.13. The van der Waals surface area contributed by atoms with Crippen LogP contribution >= 0.6 is 15.9 Å². The highest BCUT2D eigenvalue weighted by atomic mass is 79.9. The maximum Gasteiger partial charge on any atom is 0.507 e. The fourth-order valence-electron chi connectivity index (χ4n) is 2.48. The van der Waals surface area contributed by atoms with Crippen molar-refractivity contribution in [3.05, 3.63) is 22.2 Å². The monoisotopic (exact) mass is 369 g/mol. The van der Waals surface area contributed by atoms with Crippen molar-refractivity contribution in [3.63, 3.8) is 0 Å². The molecule has 1 unspecified atom stereocenters. The molecule has 3 nitrogen and oxygen atoms in total. The van der Waals surface area contributed by atoms with Gasteiger partial charge in [-0.2, -0.15) is 17.6 Å². The maximum atomic E-state index is 13.2. The topological polar surface area (TPSA) is 30.5 Å². The van der Waals surface area contributed by atoms with Gasteiger partial charge in [-0.3, -0.25) is 0 Å². The van der Waals surface area contributed by atoms with E-state index in [4.69, 9.17) is 0 Å². The highest BCUT2D eigenvalue weighted by Crippen LogP contribution is 2.48. The molecule has 0 bridgehead atoms. The predicted molar refractivity (Wildman–Crippen MR) is 70.0 cm³/mol. The van der Waals surface area contributed by atoms with Crippen molar-refractivity contribution in [1.82, 2.24) is 5.32 Å². The summed E-state index contributed by atoms with van der Waals surface area (Å²) in [6.07, 6.45) is -6.74. The van der Waals surface area contributed by atoms with Crippen LogP contribution in [0.25, 0.3) is 0 Å². The van der Waals surface area contributed by atoms with Crippen LogP contribution in [-0.2, 0) is 6.42 Å². The SMILES string of the molecule is FC1(F)Oc2cc(Br)c(CC3CCCN3)cc2OC1(F)F. The highest BCUT2D eigenvalue weighted by Gasteiger charge is 2.66. The van der Waals surface area contributed by atoms with E-state index >= 15 is 0 Å². The molecule has 1 fully saturated rings. The molecular formula is C13H12BrF4NO2. The zero-order valence-corrected chi connectivity index (χ0v) is 12.4. The predicted octanol–water partition coefficient (Wildman–Crippen LogP) is 3.70. The summed E-state index contributed by atoms with van der Waals surface area (Å²) in [5.41, 5.74) is 0.706. The lowest BCUT2D eigenvalue weighted by Gasteiger charge is -2.32. The fourth-order valence-corrected chi connectivity index (χ4v) is 2.97. The second kappa shape index (κ2) is 5.01. The molecule has 0 radical (unpaired) electrons. The van der Waals surface area contributed by atoms with E-state index in [1.54, 1.807) is 0 Å². The van der Waals surface area contributed by atoms with Crippen molar-refractivity contribution in [3.8, 4) is 11.5 Å². The zero-order valence-electron chi connectivity index (χ0n) is 10.8. The molecular weight excluding hydrogens is 358 g/mol. The molecule has 0 aromatic heterocycles. The lowest BCUT2D eigenvalue weighted by atomic mass is 10.0. The Morgan fingerprint density at radius 3 is 2.33 bits per heavy atom. The van der Waals surface area contributed by atoms with Crippen LogP contribution in [0.3, 0.4) is 0 Å². The average molecular weight is 370 g/mol. The first-order chi connectivity index (χ1) is 9.78. The zero-order chi connectivity index (χ0) is 15.3. The van der Waals surface area contributed by atoms with Gasteiger partial charge in [0, 0.05) is 10.5 Å². The molecule has 1 atom stereocenters. The third-order valence-electron chi connectivity index (χ3n) is 3.56. The molecule has 2 aliphatic rings. The Bertz CT molecular complexity index is 561. The Labute approximate surface area is 126 Å². The summed E-state index contributed by atoms with van der Waals surface area (Å²) >= 11 is 3.25. The van der Waals surface area contributed by atoms with Gasteiger partial charge in [0.1, 0.15) is 0 Å². The van der Waals surface area contributed by atoms with Gasteiger partial charge in [0.15, 0.2) is 11.5 Å². The van der Waals surface area contributed by atoms with Gasteiger partial charge in [-0.1, -0.05) is 15.9 Å². The fraction of sp³-hybridized carbons (Fsp3) is 0.538. The summed E-state index contributed by atoms with van der Waals surface area (Å²) in [7, 11) is 0. The number of benzene rings is 1. The molecule has 2 aliphatic heterocycles. The number of halogens is 5. The molecule has 0 aliphatic carbocycles. The minimum atomic E-state index is -4.69. The van der Waals surface area contributed by atoms with E-state index in [2.05, 4.69) is 30.7 Å². The minimum Gasteiger partial charge on any atom is -0.421 e. The summed E-state index contributed by atoms with van der Waals surface area (Å²) in [5, 5.41) is 3.28. The van der Waals surface area contributed by atoms with Gasteiger partial charge in [-0.25, -0.2) is 0 Å². The van der Waals surface area contributed by atoms with Crippen molar-refractivity contribution < 1.29 is 27.0 Å². The largest absolute Gasteiger partial charge is 0.507 e. The normalized spacial score (nSPS) is 25.9. The second-order valence-corrected chi connectivity index (χ2v) is 5.98. The van der Waals surface area contributed by atoms with Crippen molar-refractivity contribution in [2.75, 3.05) is 6.54 Å². The minimum absolute atomic E-state index is 0.241.